The molecule has 3 heteroatoms. The average molecular weight is 265 g/mol. The fraction of sp³-hybridized carbons (Fsp3) is 0.176. The molecule has 0 unspecified atom stereocenters. The molecule has 0 aliphatic rings. The van der Waals surface area contributed by atoms with Gasteiger partial charge in [-0.25, -0.2) is 0 Å². The number of aryl methyl sites for hydroxylation is 1. The fourth-order valence-electron chi connectivity index (χ4n) is 1.96. The van der Waals surface area contributed by atoms with Gasteiger partial charge in [0, 0.05) is 6.92 Å². The van der Waals surface area contributed by atoms with E-state index < -0.39 is 5.97 Å². The lowest BCUT2D eigenvalue weighted by Crippen LogP contribution is -2.03. The van der Waals surface area contributed by atoms with Crippen LogP contribution >= 0.6 is 0 Å². The van der Waals surface area contributed by atoms with Gasteiger partial charge in [-0.05, 0) is 36.6 Å². The van der Waals surface area contributed by atoms with E-state index in [2.05, 4.69) is 30.3 Å². The van der Waals surface area contributed by atoms with E-state index in [1.807, 2.05) is 13.0 Å². The maximum Gasteiger partial charge on any atom is 0.308 e. The minimum atomic E-state index is -0.423. The minimum absolute atomic E-state index is 0.313. The van der Waals surface area contributed by atoms with E-state index in [0.717, 1.165) is 12.0 Å². The Hall–Kier alpha value is -2.60. The number of hydrogen-bond donors (Lipinski definition) is 0. The molecule has 0 spiro atoms. The Morgan fingerprint density at radius 2 is 1.80 bits per heavy atom. The van der Waals surface area contributed by atoms with E-state index in [1.165, 1.54) is 18.1 Å². The lowest BCUT2D eigenvalue weighted by Gasteiger charge is -2.07. The maximum absolute atomic E-state index is 11.0. The lowest BCUT2D eigenvalue weighted by molar-refractivity contribution is -0.131. The standard InChI is InChI=1S/C17H15NO2/c1-12-3-5-14(6-4-12)9-15-7-8-17(20-13(2)19)16(10-15)11-18/h3-8,10H,9H2,1-2H3. The third-order valence-electron chi connectivity index (χ3n) is 2.95. The van der Waals surface area contributed by atoms with Crippen LogP contribution in [0, 0.1) is 18.3 Å². The number of ether oxygens (including phenoxy) is 1. The molecule has 0 aliphatic heterocycles. The largest absolute Gasteiger partial charge is 0.425 e. The monoisotopic (exact) mass is 265 g/mol. The maximum atomic E-state index is 11.0. The molecule has 0 radical (unpaired) electrons. The van der Waals surface area contributed by atoms with Crippen molar-refractivity contribution in [3.63, 3.8) is 0 Å². The van der Waals surface area contributed by atoms with Crippen molar-refractivity contribution < 1.29 is 9.53 Å². The fourth-order valence-corrected chi connectivity index (χ4v) is 1.96. The molecule has 0 aromatic heterocycles. The molecule has 0 heterocycles. The van der Waals surface area contributed by atoms with Gasteiger partial charge >= 0.3 is 5.97 Å². The van der Waals surface area contributed by atoms with Crippen LogP contribution in [0.1, 0.15) is 29.2 Å². The quantitative estimate of drug-likeness (QED) is 0.631. The summed E-state index contributed by atoms with van der Waals surface area (Å²) in [6.07, 6.45) is 0.745. The molecular weight excluding hydrogens is 250 g/mol. The second-order valence-corrected chi connectivity index (χ2v) is 4.70. The minimum Gasteiger partial charge on any atom is -0.425 e. The molecule has 2 rings (SSSR count). The number of esters is 1. The summed E-state index contributed by atoms with van der Waals surface area (Å²) in [5.41, 5.74) is 3.79. The smallest absolute Gasteiger partial charge is 0.308 e. The molecule has 0 fully saturated rings. The molecule has 20 heavy (non-hydrogen) atoms. The Kier molecular flexibility index (Phi) is 4.17. The van der Waals surface area contributed by atoms with Crippen molar-refractivity contribution >= 4 is 5.97 Å². The summed E-state index contributed by atoms with van der Waals surface area (Å²) in [7, 11) is 0. The number of carbonyl (C=O) groups is 1. The van der Waals surface area contributed by atoms with Crippen molar-refractivity contribution in [2.75, 3.05) is 0 Å². The molecule has 0 aliphatic carbocycles. The Morgan fingerprint density at radius 3 is 2.40 bits per heavy atom. The third kappa shape index (κ3) is 3.46. The summed E-state index contributed by atoms with van der Waals surface area (Å²) in [5, 5.41) is 9.12. The summed E-state index contributed by atoms with van der Waals surface area (Å²) in [6, 6.07) is 15.6. The van der Waals surface area contributed by atoms with E-state index in [0.29, 0.717) is 11.3 Å². The van der Waals surface area contributed by atoms with Gasteiger partial charge in [-0.3, -0.25) is 4.79 Å². The molecule has 0 saturated carbocycles. The molecule has 2 aromatic rings. The van der Waals surface area contributed by atoms with Crippen molar-refractivity contribution in [1.82, 2.24) is 0 Å². The van der Waals surface area contributed by atoms with Crippen LogP contribution in [0.15, 0.2) is 42.5 Å². The second kappa shape index (κ2) is 6.03. The Labute approximate surface area is 118 Å². The van der Waals surface area contributed by atoms with Crippen LogP contribution < -0.4 is 4.74 Å². The van der Waals surface area contributed by atoms with Crippen molar-refractivity contribution in [2.45, 2.75) is 20.3 Å². The van der Waals surface area contributed by atoms with Crippen molar-refractivity contribution in [3.8, 4) is 11.8 Å². The van der Waals surface area contributed by atoms with Crippen LogP contribution in [-0.2, 0) is 11.2 Å². The first-order valence-corrected chi connectivity index (χ1v) is 6.35. The highest BCUT2D eigenvalue weighted by Crippen LogP contribution is 2.21. The third-order valence-corrected chi connectivity index (χ3v) is 2.95. The molecule has 0 N–H and O–H groups in total. The van der Waals surface area contributed by atoms with Crippen LogP contribution in [0.2, 0.25) is 0 Å². The molecular formula is C17H15NO2. The Balaban J connectivity index is 2.23. The number of rotatable bonds is 3. The molecule has 100 valence electrons. The predicted octanol–water partition coefficient (Wildman–Crippen LogP) is 3.38. The lowest BCUT2D eigenvalue weighted by atomic mass is 10.0. The highest BCUT2D eigenvalue weighted by Gasteiger charge is 2.07. The number of nitriles is 1. The number of benzene rings is 2. The van der Waals surface area contributed by atoms with Gasteiger partial charge in [-0.1, -0.05) is 35.9 Å². The summed E-state index contributed by atoms with van der Waals surface area (Å²) in [4.78, 5) is 11.0. The predicted molar refractivity (Wildman–Crippen MR) is 76.5 cm³/mol. The SMILES string of the molecule is CC(=O)Oc1ccc(Cc2ccc(C)cc2)cc1C#N. The van der Waals surface area contributed by atoms with Gasteiger partial charge in [-0.15, -0.1) is 0 Å². The first-order valence-electron chi connectivity index (χ1n) is 6.35. The van der Waals surface area contributed by atoms with Gasteiger partial charge in [0.25, 0.3) is 0 Å². The van der Waals surface area contributed by atoms with E-state index >= 15 is 0 Å². The first-order chi connectivity index (χ1) is 9.58. The first kappa shape index (κ1) is 13.8. The topological polar surface area (TPSA) is 50.1 Å². The van der Waals surface area contributed by atoms with Gasteiger partial charge in [-0.2, -0.15) is 5.26 Å². The van der Waals surface area contributed by atoms with E-state index in [1.54, 1.807) is 12.1 Å². The van der Waals surface area contributed by atoms with Crippen LogP contribution in [0.3, 0.4) is 0 Å². The summed E-state index contributed by atoms with van der Waals surface area (Å²) in [5.74, 6) is -0.111. The van der Waals surface area contributed by atoms with Crippen molar-refractivity contribution in [2.24, 2.45) is 0 Å². The summed E-state index contributed by atoms with van der Waals surface area (Å²) in [6.45, 7) is 3.37. The van der Waals surface area contributed by atoms with Gasteiger partial charge in [0.1, 0.15) is 11.8 Å². The van der Waals surface area contributed by atoms with Crippen molar-refractivity contribution in [3.05, 3.63) is 64.7 Å². The molecule has 0 amide bonds. The average Bonchev–Trinajstić information content (AvgIpc) is 2.42. The zero-order chi connectivity index (χ0) is 14.5. The zero-order valence-corrected chi connectivity index (χ0v) is 11.5. The van der Waals surface area contributed by atoms with Crippen LogP contribution in [-0.4, -0.2) is 5.97 Å². The molecule has 0 atom stereocenters. The Bertz CT molecular complexity index is 666. The van der Waals surface area contributed by atoms with Crippen LogP contribution in [0.5, 0.6) is 5.75 Å². The Morgan fingerprint density at radius 1 is 1.15 bits per heavy atom. The van der Waals surface area contributed by atoms with Crippen molar-refractivity contribution in [1.29, 1.82) is 5.26 Å². The van der Waals surface area contributed by atoms with Crippen LogP contribution in [0.25, 0.3) is 0 Å². The highest BCUT2D eigenvalue weighted by atomic mass is 16.5. The normalized spacial score (nSPS) is 9.85. The number of carbonyl (C=O) groups excluding carboxylic acids is 1. The van der Waals surface area contributed by atoms with Gasteiger partial charge in [0.15, 0.2) is 0 Å². The highest BCUT2D eigenvalue weighted by molar-refractivity contribution is 5.70. The van der Waals surface area contributed by atoms with Gasteiger partial charge < -0.3 is 4.74 Å². The second-order valence-electron chi connectivity index (χ2n) is 4.70. The number of hydrogen-bond acceptors (Lipinski definition) is 3. The number of nitrogens with zero attached hydrogens (tertiary/aromatic N) is 1. The van der Waals surface area contributed by atoms with Crippen LogP contribution in [0.4, 0.5) is 0 Å². The molecule has 0 saturated heterocycles. The summed E-state index contributed by atoms with van der Waals surface area (Å²) < 4.78 is 5.00. The van der Waals surface area contributed by atoms with E-state index in [4.69, 9.17) is 10.00 Å². The van der Waals surface area contributed by atoms with Gasteiger partial charge in [0.2, 0.25) is 0 Å². The van der Waals surface area contributed by atoms with E-state index in [-0.39, 0.29) is 0 Å². The van der Waals surface area contributed by atoms with E-state index in [9.17, 15) is 4.79 Å². The molecule has 2 aromatic carbocycles. The zero-order valence-electron chi connectivity index (χ0n) is 11.5. The molecule has 0 bridgehead atoms. The summed E-state index contributed by atoms with van der Waals surface area (Å²) >= 11 is 0. The van der Waals surface area contributed by atoms with Gasteiger partial charge in [0.05, 0.1) is 5.56 Å². The molecule has 3 nitrogen and oxygen atoms in total.